The van der Waals surface area contributed by atoms with Crippen LogP contribution in [-0.4, -0.2) is 36.4 Å². The Morgan fingerprint density at radius 2 is 1.90 bits per heavy atom. The average Bonchev–Trinajstić information content (AvgIpc) is 3.10. The fraction of sp³-hybridized carbons (Fsp3) is 0.167. The fourth-order valence-electron chi connectivity index (χ4n) is 2.33. The second-order valence-corrected chi connectivity index (χ2v) is 10.4. The Hall–Kier alpha value is -2.14. The Bertz CT molecular complexity index is 1130. The molecule has 0 atom stereocenters. The first kappa shape index (κ1) is 21.6. The van der Waals surface area contributed by atoms with Crippen LogP contribution in [0.25, 0.3) is 0 Å². The lowest BCUT2D eigenvalue weighted by molar-refractivity contribution is 0.102. The molecule has 2 N–H and O–H groups in total. The highest BCUT2D eigenvalue weighted by Gasteiger charge is 2.12. The topological polar surface area (TPSA) is 101 Å². The zero-order valence-corrected chi connectivity index (χ0v) is 18.7. The number of halogens is 1. The lowest BCUT2D eigenvalue weighted by Crippen LogP contribution is -2.10. The van der Waals surface area contributed by atoms with Crippen LogP contribution in [-0.2, 0) is 10.0 Å². The van der Waals surface area contributed by atoms with Crippen molar-refractivity contribution in [1.82, 2.24) is 10.2 Å². The summed E-state index contributed by atoms with van der Waals surface area (Å²) in [6.45, 7) is 1.91. The fourth-order valence-corrected chi connectivity index (χ4v) is 4.72. The predicted molar refractivity (Wildman–Crippen MR) is 119 cm³/mol. The number of anilines is 3. The van der Waals surface area contributed by atoms with Crippen molar-refractivity contribution < 1.29 is 13.2 Å². The van der Waals surface area contributed by atoms with Gasteiger partial charge in [-0.25, -0.2) is 8.42 Å². The van der Waals surface area contributed by atoms with Crippen LogP contribution in [0.1, 0.15) is 15.9 Å². The van der Waals surface area contributed by atoms with Crippen molar-refractivity contribution in [1.29, 1.82) is 0 Å². The summed E-state index contributed by atoms with van der Waals surface area (Å²) in [5, 5.41) is 12.6. The molecule has 0 bridgehead atoms. The summed E-state index contributed by atoms with van der Waals surface area (Å²) in [7, 11) is -3.35. The Kier molecular flexibility index (Phi) is 6.78. The molecule has 3 aromatic rings. The standard InChI is InChI=1S/C18H17ClN4O3S3/c1-11-14(19)4-3-5-15(11)20-17-21-22-18(28-17)27-10-16(24)12-6-8-13(9-7-12)23-29(2,25)26/h3-9,23H,10H2,1-2H3,(H,20,21). The second kappa shape index (κ2) is 9.12. The van der Waals surface area contributed by atoms with Gasteiger partial charge < -0.3 is 5.32 Å². The SMILES string of the molecule is Cc1c(Cl)cccc1Nc1nnc(SCC(=O)c2ccc(NS(C)(=O)=O)cc2)s1. The van der Waals surface area contributed by atoms with Gasteiger partial charge >= 0.3 is 0 Å². The minimum absolute atomic E-state index is 0.0868. The number of sulfonamides is 1. The van der Waals surface area contributed by atoms with E-state index in [1.165, 1.54) is 23.1 Å². The molecule has 0 amide bonds. The van der Waals surface area contributed by atoms with Gasteiger partial charge in [-0.1, -0.05) is 40.8 Å². The number of hydrogen-bond acceptors (Lipinski definition) is 8. The van der Waals surface area contributed by atoms with Gasteiger partial charge in [0.1, 0.15) is 0 Å². The van der Waals surface area contributed by atoms with Crippen molar-refractivity contribution in [2.45, 2.75) is 11.3 Å². The number of Topliss-reactive ketones (excluding diaryl/α,β-unsaturated/α-hetero) is 1. The zero-order valence-electron chi connectivity index (χ0n) is 15.5. The van der Waals surface area contributed by atoms with Crippen molar-refractivity contribution in [2.24, 2.45) is 0 Å². The van der Waals surface area contributed by atoms with Crippen LogP contribution in [0.2, 0.25) is 5.02 Å². The lowest BCUT2D eigenvalue weighted by Gasteiger charge is -2.06. The molecular weight excluding hydrogens is 452 g/mol. The largest absolute Gasteiger partial charge is 0.330 e. The molecule has 0 aliphatic rings. The van der Waals surface area contributed by atoms with Crippen molar-refractivity contribution in [3.8, 4) is 0 Å². The van der Waals surface area contributed by atoms with Crippen molar-refractivity contribution in [3.05, 3.63) is 58.6 Å². The number of nitrogens with one attached hydrogen (secondary N) is 2. The number of rotatable bonds is 8. The summed E-state index contributed by atoms with van der Waals surface area (Å²) < 4.78 is 25.5. The molecule has 2 aromatic carbocycles. The number of benzene rings is 2. The normalized spacial score (nSPS) is 11.3. The van der Waals surface area contributed by atoms with E-state index in [0.29, 0.717) is 25.7 Å². The van der Waals surface area contributed by atoms with Crippen molar-refractivity contribution >= 4 is 67.0 Å². The summed E-state index contributed by atoms with van der Waals surface area (Å²) in [5.74, 6) is 0.111. The number of thioether (sulfide) groups is 1. The van der Waals surface area contributed by atoms with E-state index in [-0.39, 0.29) is 11.5 Å². The van der Waals surface area contributed by atoms with Crippen LogP contribution in [0.5, 0.6) is 0 Å². The van der Waals surface area contributed by atoms with E-state index in [2.05, 4.69) is 20.2 Å². The molecular formula is C18H17ClN4O3S3. The first-order valence-electron chi connectivity index (χ1n) is 8.31. The number of carbonyl (C=O) groups is 1. The van der Waals surface area contributed by atoms with E-state index in [9.17, 15) is 13.2 Å². The van der Waals surface area contributed by atoms with Crippen molar-refractivity contribution in [2.75, 3.05) is 22.0 Å². The van der Waals surface area contributed by atoms with E-state index < -0.39 is 10.0 Å². The average molecular weight is 469 g/mol. The van der Waals surface area contributed by atoms with Crippen LogP contribution >= 0.6 is 34.7 Å². The molecule has 0 aliphatic carbocycles. The maximum absolute atomic E-state index is 12.4. The van der Waals surface area contributed by atoms with Gasteiger partial charge in [0.05, 0.1) is 12.0 Å². The molecule has 0 aliphatic heterocycles. The summed E-state index contributed by atoms with van der Waals surface area (Å²) in [6, 6.07) is 11.9. The first-order valence-corrected chi connectivity index (χ1v) is 12.4. The Balaban J connectivity index is 1.58. The number of hydrogen-bond donors (Lipinski definition) is 2. The van der Waals surface area contributed by atoms with Gasteiger partial charge in [0, 0.05) is 22.0 Å². The minimum atomic E-state index is -3.35. The summed E-state index contributed by atoms with van der Waals surface area (Å²) >= 11 is 8.76. The van der Waals surface area contributed by atoms with Gasteiger partial charge in [0.25, 0.3) is 0 Å². The van der Waals surface area contributed by atoms with E-state index in [4.69, 9.17) is 11.6 Å². The Morgan fingerprint density at radius 1 is 1.17 bits per heavy atom. The molecule has 7 nitrogen and oxygen atoms in total. The van der Waals surface area contributed by atoms with Gasteiger partial charge in [-0.2, -0.15) is 0 Å². The maximum atomic E-state index is 12.4. The first-order chi connectivity index (χ1) is 13.7. The highest BCUT2D eigenvalue weighted by atomic mass is 35.5. The lowest BCUT2D eigenvalue weighted by atomic mass is 10.1. The van der Waals surface area contributed by atoms with Gasteiger partial charge in [-0.05, 0) is 48.9 Å². The molecule has 0 saturated carbocycles. The Morgan fingerprint density at radius 3 is 2.59 bits per heavy atom. The molecule has 0 fully saturated rings. The molecule has 3 rings (SSSR count). The van der Waals surface area contributed by atoms with E-state index >= 15 is 0 Å². The second-order valence-electron chi connectivity index (χ2n) is 6.07. The molecule has 29 heavy (non-hydrogen) atoms. The van der Waals surface area contributed by atoms with Crippen LogP contribution in [0.15, 0.2) is 46.8 Å². The van der Waals surface area contributed by atoms with Gasteiger partial charge in [0.15, 0.2) is 10.1 Å². The minimum Gasteiger partial charge on any atom is -0.330 e. The number of carbonyl (C=O) groups excluding carboxylic acids is 1. The van der Waals surface area contributed by atoms with Crippen LogP contribution in [0.3, 0.4) is 0 Å². The van der Waals surface area contributed by atoms with Crippen LogP contribution < -0.4 is 10.0 Å². The van der Waals surface area contributed by atoms with Gasteiger partial charge in [-0.3, -0.25) is 9.52 Å². The quantitative estimate of drug-likeness (QED) is 0.368. The molecule has 0 unspecified atom stereocenters. The summed E-state index contributed by atoms with van der Waals surface area (Å²) in [4.78, 5) is 12.4. The third-order valence-corrected chi connectivity index (χ3v) is 6.74. The predicted octanol–water partition coefficient (Wildman–Crippen LogP) is 4.59. The molecule has 1 heterocycles. The van der Waals surface area contributed by atoms with Crippen molar-refractivity contribution in [3.63, 3.8) is 0 Å². The van der Waals surface area contributed by atoms with E-state index in [1.807, 2.05) is 25.1 Å². The van der Waals surface area contributed by atoms with Crippen LogP contribution in [0.4, 0.5) is 16.5 Å². The monoisotopic (exact) mass is 468 g/mol. The molecule has 0 saturated heterocycles. The number of aromatic nitrogens is 2. The summed E-state index contributed by atoms with van der Waals surface area (Å²) in [6.07, 6.45) is 1.07. The third kappa shape index (κ3) is 6.17. The molecule has 0 spiro atoms. The molecule has 11 heteroatoms. The summed E-state index contributed by atoms with van der Waals surface area (Å²) in [5.41, 5.74) is 2.67. The highest BCUT2D eigenvalue weighted by Crippen LogP contribution is 2.31. The molecule has 152 valence electrons. The van der Waals surface area contributed by atoms with Gasteiger partial charge in [0.2, 0.25) is 15.2 Å². The zero-order chi connectivity index (χ0) is 21.0. The maximum Gasteiger partial charge on any atom is 0.229 e. The molecule has 1 aromatic heterocycles. The highest BCUT2D eigenvalue weighted by molar-refractivity contribution is 8.01. The van der Waals surface area contributed by atoms with Crippen LogP contribution in [0, 0.1) is 6.92 Å². The smallest absolute Gasteiger partial charge is 0.229 e. The van der Waals surface area contributed by atoms with Gasteiger partial charge in [-0.15, -0.1) is 10.2 Å². The molecule has 0 radical (unpaired) electrons. The number of ketones is 1. The Labute approximate surface area is 182 Å². The van der Waals surface area contributed by atoms with E-state index in [0.717, 1.165) is 17.5 Å². The number of nitrogens with zero attached hydrogens (tertiary/aromatic N) is 2. The third-order valence-electron chi connectivity index (χ3n) is 3.75. The van der Waals surface area contributed by atoms with E-state index in [1.54, 1.807) is 24.3 Å².